The molecular weight excluding hydrogens is 204 g/mol. The Balaban J connectivity index is 1.73. The van der Waals surface area contributed by atoms with E-state index < -0.39 is 0 Å². The molecule has 2 rings (SSSR count). The maximum absolute atomic E-state index is 5.68. The third-order valence-electron chi connectivity index (χ3n) is 2.60. The number of ether oxygens (including phenoxy) is 3. The van der Waals surface area contributed by atoms with Crippen molar-refractivity contribution in [2.45, 2.75) is 26.1 Å². The van der Waals surface area contributed by atoms with E-state index in [1.54, 1.807) is 0 Å². The van der Waals surface area contributed by atoms with Gasteiger partial charge in [-0.2, -0.15) is 0 Å². The molecule has 1 saturated heterocycles. The number of aryl methyl sites for hydroxylation is 1. The van der Waals surface area contributed by atoms with E-state index in [2.05, 4.69) is 0 Å². The van der Waals surface area contributed by atoms with Crippen molar-refractivity contribution in [1.29, 1.82) is 0 Å². The second-order valence-electron chi connectivity index (χ2n) is 3.93. The largest absolute Gasteiger partial charge is 0.493 e. The predicted molar refractivity (Wildman–Crippen MR) is 61.6 cm³/mol. The smallest absolute Gasteiger partial charge is 0.160 e. The maximum Gasteiger partial charge on any atom is 0.160 e. The van der Waals surface area contributed by atoms with Crippen LogP contribution in [-0.2, 0) is 9.47 Å². The Bertz CT molecular complexity index is 319. The van der Waals surface area contributed by atoms with Gasteiger partial charge in [-0.05, 0) is 25.0 Å². The van der Waals surface area contributed by atoms with E-state index >= 15 is 0 Å². The third-order valence-corrected chi connectivity index (χ3v) is 2.60. The first-order valence-corrected chi connectivity index (χ1v) is 5.78. The van der Waals surface area contributed by atoms with Crippen molar-refractivity contribution < 1.29 is 14.2 Å². The molecule has 0 N–H and O–H groups in total. The molecule has 0 atom stereocenters. The maximum atomic E-state index is 5.68. The lowest BCUT2D eigenvalue weighted by atomic mass is 10.2. The molecule has 0 aliphatic carbocycles. The first-order chi connectivity index (χ1) is 7.86. The van der Waals surface area contributed by atoms with Crippen LogP contribution in [0.4, 0.5) is 0 Å². The zero-order chi connectivity index (χ0) is 11.2. The quantitative estimate of drug-likeness (QED) is 0.783. The average Bonchev–Trinajstić information content (AvgIpc) is 2.33. The fourth-order valence-corrected chi connectivity index (χ4v) is 1.69. The van der Waals surface area contributed by atoms with Gasteiger partial charge in [0, 0.05) is 6.42 Å². The van der Waals surface area contributed by atoms with Gasteiger partial charge in [0.1, 0.15) is 5.75 Å². The lowest BCUT2D eigenvalue weighted by Crippen LogP contribution is -2.26. The van der Waals surface area contributed by atoms with E-state index in [0.29, 0.717) is 6.61 Å². The molecule has 0 bridgehead atoms. The van der Waals surface area contributed by atoms with Gasteiger partial charge in [0.05, 0.1) is 19.8 Å². The molecule has 3 nitrogen and oxygen atoms in total. The number of para-hydroxylation sites is 1. The minimum absolute atomic E-state index is 0.0854. The summed E-state index contributed by atoms with van der Waals surface area (Å²) in [5.41, 5.74) is 1.16. The van der Waals surface area contributed by atoms with Crippen LogP contribution >= 0.6 is 0 Å². The lowest BCUT2D eigenvalue weighted by Gasteiger charge is -2.23. The molecule has 0 amide bonds. The summed E-state index contributed by atoms with van der Waals surface area (Å²) >= 11 is 0. The van der Waals surface area contributed by atoms with Crippen LogP contribution in [0.5, 0.6) is 5.75 Å². The monoisotopic (exact) mass is 222 g/mol. The molecular formula is C13H18O3. The Hall–Kier alpha value is -1.06. The topological polar surface area (TPSA) is 27.7 Å². The second-order valence-corrected chi connectivity index (χ2v) is 3.93. The molecule has 1 aromatic carbocycles. The lowest BCUT2D eigenvalue weighted by molar-refractivity contribution is -0.183. The van der Waals surface area contributed by atoms with Crippen molar-refractivity contribution in [3.05, 3.63) is 29.8 Å². The zero-order valence-corrected chi connectivity index (χ0v) is 9.65. The van der Waals surface area contributed by atoms with Crippen LogP contribution < -0.4 is 4.74 Å². The molecule has 3 heteroatoms. The fraction of sp³-hybridized carbons (Fsp3) is 0.538. The second kappa shape index (κ2) is 5.87. The van der Waals surface area contributed by atoms with E-state index in [4.69, 9.17) is 14.2 Å². The molecule has 1 aromatic rings. The number of benzene rings is 1. The van der Waals surface area contributed by atoms with Gasteiger partial charge in [-0.3, -0.25) is 0 Å². The van der Waals surface area contributed by atoms with E-state index in [1.807, 2.05) is 31.2 Å². The Labute approximate surface area is 96.3 Å². The summed E-state index contributed by atoms with van der Waals surface area (Å²) in [5, 5.41) is 0. The average molecular weight is 222 g/mol. The van der Waals surface area contributed by atoms with Gasteiger partial charge in [-0.25, -0.2) is 0 Å². The summed E-state index contributed by atoms with van der Waals surface area (Å²) in [5.74, 6) is 0.943. The molecule has 0 aromatic heterocycles. The Kier molecular flexibility index (Phi) is 4.19. The normalized spacial score (nSPS) is 17.3. The summed E-state index contributed by atoms with van der Waals surface area (Å²) in [6.45, 7) is 4.28. The van der Waals surface area contributed by atoms with Gasteiger partial charge in [0.15, 0.2) is 6.29 Å². The molecule has 0 saturated carbocycles. The first-order valence-electron chi connectivity index (χ1n) is 5.78. The van der Waals surface area contributed by atoms with Crippen LogP contribution in [0, 0.1) is 6.92 Å². The van der Waals surface area contributed by atoms with Gasteiger partial charge >= 0.3 is 0 Å². The number of hydrogen-bond donors (Lipinski definition) is 0. The van der Waals surface area contributed by atoms with Crippen molar-refractivity contribution >= 4 is 0 Å². The summed E-state index contributed by atoms with van der Waals surface area (Å²) in [4.78, 5) is 0. The molecule has 1 aliphatic heterocycles. The molecule has 16 heavy (non-hydrogen) atoms. The van der Waals surface area contributed by atoms with E-state index in [1.165, 1.54) is 0 Å². The Morgan fingerprint density at radius 3 is 2.75 bits per heavy atom. The van der Waals surface area contributed by atoms with Crippen LogP contribution in [0.1, 0.15) is 18.4 Å². The Morgan fingerprint density at radius 1 is 1.25 bits per heavy atom. The zero-order valence-electron chi connectivity index (χ0n) is 9.65. The molecule has 0 spiro atoms. The third kappa shape index (κ3) is 3.22. The van der Waals surface area contributed by atoms with Crippen molar-refractivity contribution in [3.8, 4) is 5.75 Å². The Morgan fingerprint density at radius 2 is 2.00 bits per heavy atom. The predicted octanol–water partition coefficient (Wildman–Crippen LogP) is 2.53. The highest BCUT2D eigenvalue weighted by Crippen LogP contribution is 2.17. The summed E-state index contributed by atoms with van der Waals surface area (Å²) < 4.78 is 16.6. The van der Waals surface area contributed by atoms with Crippen LogP contribution in [-0.4, -0.2) is 26.1 Å². The van der Waals surface area contributed by atoms with Crippen molar-refractivity contribution in [3.63, 3.8) is 0 Å². The summed E-state index contributed by atoms with van der Waals surface area (Å²) in [7, 11) is 0. The van der Waals surface area contributed by atoms with Crippen molar-refractivity contribution in [1.82, 2.24) is 0 Å². The van der Waals surface area contributed by atoms with E-state index in [0.717, 1.165) is 37.4 Å². The standard InChI is InChI=1S/C13H18O3/c1-11-5-2-3-6-12(11)14-10-7-13-15-8-4-9-16-13/h2-3,5-6,13H,4,7-10H2,1H3. The van der Waals surface area contributed by atoms with E-state index in [9.17, 15) is 0 Å². The van der Waals surface area contributed by atoms with Crippen molar-refractivity contribution in [2.24, 2.45) is 0 Å². The molecule has 1 heterocycles. The van der Waals surface area contributed by atoms with E-state index in [-0.39, 0.29) is 6.29 Å². The summed E-state index contributed by atoms with van der Waals surface area (Å²) in [6.07, 6.45) is 1.70. The van der Waals surface area contributed by atoms with Crippen LogP contribution in [0.15, 0.2) is 24.3 Å². The van der Waals surface area contributed by atoms with Gasteiger partial charge in [-0.1, -0.05) is 18.2 Å². The van der Waals surface area contributed by atoms with Gasteiger partial charge in [0.2, 0.25) is 0 Å². The number of hydrogen-bond acceptors (Lipinski definition) is 3. The number of rotatable bonds is 4. The highest BCUT2D eigenvalue weighted by atomic mass is 16.7. The van der Waals surface area contributed by atoms with Crippen molar-refractivity contribution in [2.75, 3.05) is 19.8 Å². The molecule has 88 valence electrons. The summed E-state index contributed by atoms with van der Waals surface area (Å²) in [6, 6.07) is 8.02. The van der Waals surface area contributed by atoms with Crippen LogP contribution in [0.25, 0.3) is 0 Å². The highest BCUT2D eigenvalue weighted by molar-refractivity contribution is 5.31. The van der Waals surface area contributed by atoms with Crippen LogP contribution in [0.2, 0.25) is 0 Å². The molecule has 0 radical (unpaired) electrons. The minimum Gasteiger partial charge on any atom is -0.493 e. The first kappa shape index (κ1) is 11.4. The minimum atomic E-state index is -0.0854. The highest BCUT2D eigenvalue weighted by Gasteiger charge is 2.13. The van der Waals surface area contributed by atoms with Gasteiger partial charge in [0.25, 0.3) is 0 Å². The fourth-order valence-electron chi connectivity index (χ4n) is 1.69. The SMILES string of the molecule is Cc1ccccc1OCCC1OCCCO1. The van der Waals surface area contributed by atoms with Gasteiger partial charge in [-0.15, -0.1) is 0 Å². The van der Waals surface area contributed by atoms with Crippen LogP contribution in [0.3, 0.4) is 0 Å². The molecule has 1 aliphatic rings. The van der Waals surface area contributed by atoms with Gasteiger partial charge < -0.3 is 14.2 Å². The molecule has 1 fully saturated rings. The molecule has 0 unspecified atom stereocenters.